The molecule has 9 heteroatoms. The minimum Gasteiger partial charge on any atom is -0.356 e. The topological polar surface area (TPSA) is 100 Å². The predicted molar refractivity (Wildman–Crippen MR) is 102 cm³/mol. The highest BCUT2D eigenvalue weighted by molar-refractivity contribution is 5.75. The maximum atomic E-state index is 11.3. The fraction of sp³-hybridized carbons (Fsp3) is 0.722. The number of nitrogens with zero attached hydrogens (tertiary/aromatic N) is 6. The van der Waals surface area contributed by atoms with E-state index >= 15 is 0 Å². The summed E-state index contributed by atoms with van der Waals surface area (Å²) in [5.74, 6) is 2.19. The molecular formula is C18H27N7O2. The first-order valence-corrected chi connectivity index (χ1v) is 9.95. The summed E-state index contributed by atoms with van der Waals surface area (Å²) in [5.41, 5.74) is 0.914. The number of fused-ring (bicyclic) bond motifs is 1. The SMILES string of the molecule is CC(=O)NCC1CCCN(c2nc3nonc3nc2N2CCCCCC2)C1. The van der Waals surface area contributed by atoms with E-state index < -0.39 is 0 Å². The van der Waals surface area contributed by atoms with E-state index in [9.17, 15) is 4.79 Å². The Morgan fingerprint density at radius 3 is 2.30 bits per heavy atom. The van der Waals surface area contributed by atoms with Gasteiger partial charge in [0.05, 0.1) is 0 Å². The fourth-order valence-electron chi connectivity index (χ4n) is 4.04. The largest absolute Gasteiger partial charge is 0.356 e. The van der Waals surface area contributed by atoms with Crippen molar-refractivity contribution in [2.75, 3.05) is 42.5 Å². The molecule has 1 atom stereocenters. The van der Waals surface area contributed by atoms with E-state index in [1.165, 1.54) is 25.7 Å². The molecule has 2 aromatic rings. The molecule has 0 aliphatic carbocycles. The van der Waals surface area contributed by atoms with Gasteiger partial charge in [0.25, 0.3) is 0 Å². The van der Waals surface area contributed by atoms with Crippen molar-refractivity contribution in [3.05, 3.63) is 0 Å². The number of nitrogens with one attached hydrogen (secondary N) is 1. The monoisotopic (exact) mass is 373 g/mol. The van der Waals surface area contributed by atoms with Crippen molar-refractivity contribution in [2.45, 2.75) is 45.4 Å². The number of carbonyl (C=O) groups is 1. The lowest BCUT2D eigenvalue weighted by Gasteiger charge is -2.35. The lowest BCUT2D eigenvalue weighted by atomic mass is 9.98. The van der Waals surface area contributed by atoms with E-state index in [0.717, 1.165) is 50.7 Å². The Balaban J connectivity index is 1.62. The minimum absolute atomic E-state index is 0.0206. The van der Waals surface area contributed by atoms with Crippen LogP contribution in [0.2, 0.25) is 0 Å². The van der Waals surface area contributed by atoms with E-state index in [-0.39, 0.29) is 5.91 Å². The van der Waals surface area contributed by atoms with E-state index in [2.05, 4.69) is 25.4 Å². The van der Waals surface area contributed by atoms with E-state index in [1.807, 2.05) is 0 Å². The van der Waals surface area contributed by atoms with Gasteiger partial charge in [0.15, 0.2) is 11.6 Å². The maximum Gasteiger partial charge on any atom is 0.245 e. The van der Waals surface area contributed by atoms with Crippen LogP contribution in [0, 0.1) is 5.92 Å². The molecule has 9 nitrogen and oxygen atoms in total. The molecule has 2 aromatic heterocycles. The Morgan fingerprint density at radius 2 is 1.63 bits per heavy atom. The van der Waals surface area contributed by atoms with E-state index in [4.69, 9.17) is 14.6 Å². The summed E-state index contributed by atoms with van der Waals surface area (Å²) < 4.78 is 4.85. The first-order chi connectivity index (χ1) is 13.2. The number of amides is 1. The van der Waals surface area contributed by atoms with Gasteiger partial charge in [-0.15, -0.1) is 0 Å². The highest BCUT2D eigenvalue weighted by atomic mass is 16.6. The molecule has 0 saturated carbocycles. The lowest BCUT2D eigenvalue weighted by molar-refractivity contribution is -0.119. The van der Waals surface area contributed by atoms with Gasteiger partial charge in [0, 0.05) is 39.6 Å². The maximum absolute atomic E-state index is 11.3. The van der Waals surface area contributed by atoms with Crippen molar-refractivity contribution >= 4 is 28.8 Å². The second-order valence-electron chi connectivity index (χ2n) is 7.57. The Morgan fingerprint density at radius 1 is 1.00 bits per heavy atom. The highest BCUT2D eigenvalue weighted by Gasteiger charge is 2.27. The van der Waals surface area contributed by atoms with Gasteiger partial charge in [-0.1, -0.05) is 12.8 Å². The number of hydrogen-bond donors (Lipinski definition) is 1. The first kappa shape index (κ1) is 17.9. The van der Waals surface area contributed by atoms with Gasteiger partial charge in [-0.25, -0.2) is 14.6 Å². The second-order valence-corrected chi connectivity index (χ2v) is 7.57. The van der Waals surface area contributed by atoms with Crippen LogP contribution >= 0.6 is 0 Å². The van der Waals surface area contributed by atoms with Crippen LogP contribution in [-0.4, -0.2) is 58.9 Å². The van der Waals surface area contributed by atoms with Gasteiger partial charge >= 0.3 is 0 Å². The van der Waals surface area contributed by atoms with Crippen LogP contribution in [0.4, 0.5) is 11.6 Å². The van der Waals surface area contributed by atoms with Crippen molar-refractivity contribution in [1.29, 1.82) is 0 Å². The molecule has 0 bridgehead atoms. The van der Waals surface area contributed by atoms with E-state index in [1.54, 1.807) is 6.92 Å². The number of anilines is 2. The minimum atomic E-state index is 0.0206. The molecule has 1 N–H and O–H groups in total. The smallest absolute Gasteiger partial charge is 0.245 e. The zero-order valence-corrected chi connectivity index (χ0v) is 15.9. The van der Waals surface area contributed by atoms with Crippen LogP contribution in [0.25, 0.3) is 11.3 Å². The normalized spacial score (nSPS) is 21.3. The summed E-state index contributed by atoms with van der Waals surface area (Å²) in [4.78, 5) is 25.4. The van der Waals surface area contributed by atoms with Crippen LogP contribution in [-0.2, 0) is 4.79 Å². The second kappa shape index (κ2) is 8.06. The molecule has 2 aliphatic rings. The summed E-state index contributed by atoms with van der Waals surface area (Å²) in [6.07, 6.45) is 7.03. The Labute approximate surface area is 158 Å². The molecule has 0 spiro atoms. The third-order valence-corrected chi connectivity index (χ3v) is 5.44. The summed E-state index contributed by atoms with van der Waals surface area (Å²) >= 11 is 0. The Hall–Kier alpha value is -2.45. The lowest BCUT2D eigenvalue weighted by Crippen LogP contribution is -2.42. The number of aromatic nitrogens is 4. The van der Waals surface area contributed by atoms with Crippen molar-refractivity contribution in [3.63, 3.8) is 0 Å². The molecule has 146 valence electrons. The van der Waals surface area contributed by atoms with Crippen LogP contribution in [0.1, 0.15) is 45.4 Å². The third kappa shape index (κ3) is 4.12. The van der Waals surface area contributed by atoms with Crippen LogP contribution in [0.3, 0.4) is 0 Å². The van der Waals surface area contributed by atoms with Gasteiger partial charge in [-0.3, -0.25) is 4.79 Å². The van der Waals surface area contributed by atoms with Gasteiger partial charge in [-0.2, -0.15) is 0 Å². The van der Waals surface area contributed by atoms with Crippen molar-refractivity contribution in [3.8, 4) is 0 Å². The summed E-state index contributed by atoms with van der Waals surface area (Å²) in [6.45, 7) is 6.03. The molecule has 2 aliphatic heterocycles. The molecule has 27 heavy (non-hydrogen) atoms. The van der Waals surface area contributed by atoms with Crippen LogP contribution in [0.15, 0.2) is 4.63 Å². The standard InChI is InChI=1S/C18H27N7O2/c1-13(26)19-11-14-7-6-10-25(12-14)18-17(24-8-4-2-3-5-9-24)20-15-16(21-18)23-27-22-15/h14H,2-12H2,1H3,(H,19,26). The molecule has 2 saturated heterocycles. The molecule has 0 radical (unpaired) electrons. The van der Waals surface area contributed by atoms with Crippen molar-refractivity contribution in [1.82, 2.24) is 25.6 Å². The van der Waals surface area contributed by atoms with Crippen molar-refractivity contribution in [2.24, 2.45) is 5.92 Å². The number of rotatable bonds is 4. The Bertz CT molecular complexity index is 785. The Kier molecular flexibility index (Phi) is 5.35. The first-order valence-electron chi connectivity index (χ1n) is 9.95. The summed E-state index contributed by atoms with van der Waals surface area (Å²) in [7, 11) is 0. The van der Waals surface area contributed by atoms with Gasteiger partial charge < -0.3 is 15.1 Å². The fourth-order valence-corrected chi connectivity index (χ4v) is 4.04. The summed E-state index contributed by atoms with van der Waals surface area (Å²) in [5, 5.41) is 10.7. The highest BCUT2D eigenvalue weighted by Crippen LogP contribution is 2.32. The molecule has 0 aromatic carbocycles. The van der Waals surface area contributed by atoms with Gasteiger partial charge in [-0.05, 0) is 41.9 Å². The zero-order valence-electron chi connectivity index (χ0n) is 15.9. The molecule has 2 fully saturated rings. The van der Waals surface area contributed by atoms with Gasteiger partial charge in [0.2, 0.25) is 17.2 Å². The number of piperidine rings is 1. The predicted octanol–water partition coefficient (Wildman–Crippen LogP) is 1.75. The average Bonchev–Trinajstić information content (AvgIpc) is 2.97. The average molecular weight is 373 g/mol. The molecular weight excluding hydrogens is 346 g/mol. The third-order valence-electron chi connectivity index (χ3n) is 5.44. The van der Waals surface area contributed by atoms with Crippen LogP contribution in [0.5, 0.6) is 0 Å². The van der Waals surface area contributed by atoms with Crippen LogP contribution < -0.4 is 15.1 Å². The quantitative estimate of drug-likeness (QED) is 0.865. The van der Waals surface area contributed by atoms with Gasteiger partial charge in [0.1, 0.15) is 0 Å². The summed E-state index contributed by atoms with van der Waals surface area (Å²) in [6, 6.07) is 0. The number of carbonyl (C=O) groups excluding carboxylic acids is 1. The van der Waals surface area contributed by atoms with Crippen molar-refractivity contribution < 1.29 is 9.42 Å². The molecule has 4 rings (SSSR count). The number of hydrogen-bond acceptors (Lipinski definition) is 8. The van der Waals surface area contributed by atoms with E-state index in [0.29, 0.717) is 23.8 Å². The molecule has 1 amide bonds. The molecule has 1 unspecified atom stereocenters. The zero-order chi connectivity index (χ0) is 18.6. The molecule has 4 heterocycles.